The van der Waals surface area contributed by atoms with E-state index in [-0.39, 0.29) is 11.1 Å². The van der Waals surface area contributed by atoms with Gasteiger partial charge in [-0.05, 0) is 11.6 Å². The first-order valence-corrected chi connectivity index (χ1v) is 5.07. The second kappa shape index (κ2) is 6.15. The molecule has 0 spiro atoms. The van der Waals surface area contributed by atoms with Crippen LogP contribution in [0.2, 0.25) is 0 Å². The summed E-state index contributed by atoms with van der Waals surface area (Å²) in [5.41, 5.74) is -0.378. The molecule has 0 aromatic heterocycles. The minimum absolute atomic E-state index is 0.102. The van der Waals surface area contributed by atoms with Gasteiger partial charge in [-0.25, -0.2) is 4.79 Å². The van der Waals surface area contributed by atoms with Crippen molar-refractivity contribution in [3.8, 4) is 0 Å². The van der Waals surface area contributed by atoms with Gasteiger partial charge in [0.2, 0.25) is 0 Å². The average molecular weight is 260 g/mol. The first-order valence-electron chi connectivity index (χ1n) is 5.07. The number of carboxylic acids is 2. The quantitative estimate of drug-likeness (QED) is 0.313. The molecule has 1 aromatic carbocycles. The van der Waals surface area contributed by atoms with Crippen molar-refractivity contribution in [2.75, 3.05) is 0 Å². The number of ketones is 1. The lowest BCUT2D eigenvalue weighted by atomic mass is 10.1. The van der Waals surface area contributed by atoms with E-state index in [0.717, 1.165) is 12.2 Å². The van der Waals surface area contributed by atoms with Gasteiger partial charge in [-0.3, -0.25) is 4.79 Å². The fraction of sp³-hybridized carbons (Fsp3) is 0. The minimum Gasteiger partial charge on any atom is -0.872 e. The summed E-state index contributed by atoms with van der Waals surface area (Å²) >= 11 is 0. The van der Waals surface area contributed by atoms with Gasteiger partial charge in [0, 0.05) is 5.56 Å². The summed E-state index contributed by atoms with van der Waals surface area (Å²) in [4.78, 5) is 31.7. The first-order chi connectivity index (χ1) is 8.93. The van der Waals surface area contributed by atoms with Crippen molar-refractivity contribution in [2.24, 2.45) is 0 Å². The molecule has 0 unspecified atom stereocenters. The zero-order chi connectivity index (χ0) is 14.4. The molecule has 0 fully saturated rings. The second-order valence-corrected chi connectivity index (χ2v) is 3.39. The summed E-state index contributed by atoms with van der Waals surface area (Å²) < 4.78 is 0. The molecule has 0 heterocycles. The monoisotopic (exact) mass is 260 g/mol. The Hall–Kier alpha value is -2.89. The summed E-state index contributed by atoms with van der Waals surface area (Å²) in [7, 11) is 0. The molecule has 19 heavy (non-hydrogen) atoms. The zero-order valence-electron chi connectivity index (χ0n) is 9.53. The third-order valence-electron chi connectivity index (χ3n) is 2.12. The molecule has 0 amide bonds. The van der Waals surface area contributed by atoms with Crippen molar-refractivity contribution in [3.05, 3.63) is 53.6 Å². The Labute approximate surface area is 107 Å². The molecule has 0 atom stereocenters. The molecule has 0 radical (unpaired) electrons. The number of aromatic carboxylic acids is 1. The van der Waals surface area contributed by atoms with Crippen LogP contribution in [0.15, 0.2) is 42.5 Å². The summed E-state index contributed by atoms with van der Waals surface area (Å²) in [5, 5.41) is 30.7. The Kier molecular flexibility index (Phi) is 4.59. The number of carbonyl (C=O) groups is 3. The van der Waals surface area contributed by atoms with Crippen molar-refractivity contribution in [3.63, 3.8) is 0 Å². The van der Waals surface area contributed by atoms with Crippen molar-refractivity contribution < 1.29 is 29.7 Å². The molecule has 1 N–H and O–H groups in total. The SMILES string of the molecule is O=C(O)C(=O)C=CC=C([O-])c1ccccc1C(=O)[O-]. The predicted molar refractivity (Wildman–Crippen MR) is 60.5 cm³/mol. The highest BCUT2D eigenvalue weighted by molar-refractivity contribution is 6.37. The van der Waals surface area contributed by atoms with E-state index in [0.29, 0.717) is 6.08 Å². The van der Waals surface area contributed by atoms with Crippen LogP contribution < -0.4 is 10.2 Å². The molecule has 0 aliphatic rings. The highest BCUT2D eigenvalue weighted by atomic mass is 16.4. The lowest BCUT2D eigenvalue weighted by Crippen LogP contribution is -2.24. The van der Waals surface area contributed by atoms with E-state index in [1.807, 2.05) is 0 Å². The Bertz CT molecular complexity index is 583. The number of rotatable bonds is 5. The van der Waals surface area contributed by atoms with Crippen molar-refractivity contribution in [1.82, 2.24) is 0 Å². The number of allylic oxidation sites excluding steroid dienone is 2. The van der Waals surface area contributed by atoms with Crippen LogP contribution in [0.3, 0.4) is 0 Å². The Morgan fingerprint density at radius 2 is 1.63 bits per heavy atom. The van der Waals surface area contributed by atoms with Gasteiger partial charge in [-0.1, -0.05) is 36.4 Å². The van der Waals surface area contributed by atoms with Crippen LogP contribution in [0.4, 0.5) is 0 Å². The molecule has 0 aliphatic carbocycles. The summed E-state index contributed by atoms with van der Waals surface area (Å²) in [6.07, 6.45) is 2.55. The first kappa shape index (κ1) is 14.2. The van der Waals surface area contributed by atoms with Crippen molar-refractivity contribution >= 4 is 23.5 Å². The van der Waals surface area contributed by atoms with Crippen LogP contribution in [0.1, 0.15) is 15.9 Å². The van der Waals surface area contributed by atoms with Crippen LogP contribution in [0.25, 0.3) is 5.76 Å². The number of carboxylic acid groups (broad SMARTS) is 2. The fourth-order valence-electron chi connectivity index (χ4n) is 1.26. The lowest BCUT2D eigenvalue weighted by Gasteiger charge is -2.16. The van der Waals surface area contributed by atoms with Crippen LogP contribution >= 0.6 is 0 Å². The van der Waals surface area contributed by atoms with E-state index < -0.39 is 23.5 Å². The summed E-state index contributed by atoms with van der Waals surface area (Å²) in [6, 6.07) is 5.41. The number of aliphatic carboxylic acids is 1. The van der Waals surface area contributed by atoms with Gasteiger partial charge in [0.1, 0.15) is 0 Å². The third kappa shape index (κ3) is 3.81. The Morgan fingerprint density at radius 1 is 1.05 bits per heavy atom. The highest BCUT2D eigenvalue weighted by Crippen LogP contribution is 2.14. The standard InChI is InChI=1S/C13H10O6/c14-10(6-3-7-11(15)13(18)19)8-4-1-2-5-9(8)12(16)17/h1-7,14H,(H,16,17)(H,18,19)/p-2. The lowest BCUT2D eigenvalue weighted by molar-refractivity contribution is -0.256. The van der Waals surface area contributed by atoms with Gasteiger partial charge in [0.25, 0.3) is 5.78 Å². The molecule has 0 saturated heterocycles. The molecule has 0 saturated carbocycles. The molecule has 98 valence electrons. The molecular formula is C13H8O6-2. The van der Waals surface area contributed by atoms with Gasteiger partial charge >= 0.3 is 5.97 Å². The summed E-state index contributed by atoms with van der Waals surface area (Å²) in [6.45, 7) is 0. The smallest absolute Gasteiger partial charge is 0.376 e. The van der Waals surface area contributed by atoms with Crippen LogP contribution in [-0.2, 0) is 9.59 Å². The molecular weight excluding hydrogens is 252 g/mol. The van der Waals surface area contributed by atoms with Crippen LogP contribution in [0.5, 0.6) is 0 Å². The number of benzene rings is 1. The molecule has 6 heteroatoms. The number of hydrogen-bond donors (Lipinski definition) is 1. The molecule has 1 aromatic rings. The topological polar surface area (TPSA) is 118 Å². The van der Waals surface area contributed by atoms with Gasteiger partial charge in [0.15, 0.2) is 0 Å². The normalized spacial score (nSPS) is 11.5. The minimum atomic E-state index is -1.65. The average Bonchev–Trinajstić information content (AvgIpc) is 2.38. The van der Waals surface area contributed by atoms with E-state index in [1.54, 1.807) is 0 Å². The number of hydrogen-bond acceptors (Lipinski definition) is 5. The summed E-state index contributed by atoms with van der Waals surface area (Å²) in [5.74, 6) is -5.00. The van der Waals surface area contributed by atoms with Crippen LogP contribution in [0, 0.1) is 0 Å². The number of carbonyl (C=O) groups excluding carboxylic acids is 2. The van der Waals surface area contributed by atoms with E-state index >= 15 is 0 Å². The van der Waals surface area contributed by atoms with Gasteiger partial charge < -0.3 is 20.1 Å². The molecule has 6 nitrogen and oxygen atoms in total. The van der Waals surface area contributed by atoms with E-state index in [1.165, 1.54) is 24.3 Å². The maximum atomic E-state index is 11.7. The Balaban J connectivity index is 3.01. The van der Waals surface area contributed by atoms with E-state index in [2.05, 4.69) is 0 Å². The zero-order valence-corrected chi connectivity index (χ0v) is 9.53. The fourth-order valence-corrected chi connectivity index (χ4v) is 1.26. The molecule has 0 aliphatic heterocycles. The molecule has 0 bridgehead atoms. The Morgan fingerprint density at radius 3 is 2.16 bits per heavy atom. The van der Waals surface area contributed by atoms with Crippen LogP contribution in [-0.4, -0.2) is 22.8 Å². The van der Waals surface area contributed by atoms with Gasteiger partial charge in [0.05, 0.1) is 5.97 Å². The van der Waals surface area contributed by atoms with E-state index in [9.17, 15) is 24.6 Å². The predicted octanol–water partition coefficient (Wildman–Crippen LogP) is -1.04. The van der Waals surface area contributed by atoms with E-state index in [4.69, 9.17) is 5.11 Å². The second-order valence-electron chi connectivity index (χ2n) is 3.39. The maximum absolute atomic E-state index is 11.7. The molecule has 1 rings (SSSR count). The highest BCUT2D eigenvalue weighted by Gasteiger charge is 2.04. The maximum Gasteiger partial charge on any atom is 0.376 e. The van der Waals surface area contributed by atoms with Crippen molar-refractivity contribution in [2.45, 2.75) is 0 Å². The van der Waals surface area contributed by atoms with Gasteiger partial charge in [-0.15, -0.1) is 5.76 Å². The van der Waals surface area contributed by atoms with Crippen molar-refractivity contribution in [1.29, 1.82) is 0 Å². The third-order valence-corrected chi connectivity index (χ3v) is 2.12. The van der Waals surface area contributed by atoms with Gasteiger partial charge in [-0.2, -0.15) is 0 Å². The largest absolute Gasteiger partial charge is 0.872 e.